The summed E-state index contributed by atoms with van der Waals surface area (Å²) in [6.45, 7) is 0. The number of rotatable bonds is 7. The molecule has 0 bridgehead atoms. The first-order valence-corrected chi connectivity index (χ1v) is 12.1. The van der Waals surface area contributed by atoms with E-state index in [0.29, 0.717) is 23.0 Å². The second-order valence-electron chi connectivity index (χ2n) is 9.84. The predicted molar refractivity (Wildman–Crippen MR) is 138 cm³/mol. The average molecular weight is 482 g/mol. The Hall–Kier alpha value is -4.33. The summed E-state index contributed by atoms with van der Waals surface area (Å²) < 4.78 is 0. The van der Waals surface area contributed by atoms with Gasteiger partial charge in [-0.2, -0.15) is 0 Å². The van der Waals surface area contributed by atoms with E-state index in [4.69, 9.17) is 10.9 Å². The Labute approximate surface area is 208 Å². The van der Waals surface area contributed by atoms with Crippen LogP contribution in [0.25, 0.3) is 0 Å². The van der Waals surface area contributed by atoms with E-state index in [1.165, 1.54) is 0 Å². The van der Waals surface area contributed by atoms with Crippen LogP contribution in [0.2, 0.25) is 0 Å². The number of benzene rings is 3. The number of oxime groups is 1. The predicted octanol–water partition coefficient (Wildman–Crippen LogP) is 4.09. The molecule has 36 heavy (non-hydrogen) atoms. The molecule has 6 rings (SSSR count). The molecule has 0 radical (unpaired) electrons. The van der Waals surface area contributed by atoms with Gasteiger partial charge in [0.05, 0.1) is 0 Å². The summed E-state index contributed by atoms with van der Waals surface area (Å²) in [5.41, 5.74) is 9.51. The zero-order valence-corrected chi connectivity index (χ0v) is 19.6. The Morgan fingerprint density at radius 1 is 1.06 bits per heavy atom. The zero-order valence-electron chi connectivity index (χ0n) is 19.6. The van der Waals surface area contributed by atoms with Gasteiger partial charge in [0.15, 0.2) is 5.84 Å². The summed E-state index contributed by atoms with van der Waals surface area (Å²) in [5, 5.41) is 18.3. The highest BCUT2D eigenvalue weighted by atomic mass is 16.4. The molecule has 3 unspecified atom stereocenters. The van der Waals surface area contributed by atoms with Crippen LogP contribution in [-0.2, 0) is 9.59 Å². The molecule has 3 aromatic carbocycles. The van der Waals surface area contributed by atoms with Crippen molar-refractivity contribution in [1.82, 2.24) is 0 Å². The van der Waals surface area contributed by atoms with Gasteiger partial charge in [-0.3, -0.25) is 9.59 Å². The van der Waals surface area contributed by atoms with Gasteiger partial charge in [-0.15, -0.1) is 0 Å². The fourth-order valence-corrected chi connectivity index (χ4v) is 5.81. The lowest BCUT2D eigenvalue weighted by atomic mass is 9.71. The number of nitrogens with two attached hydrogens (primary N) is 1. The lowest BCUT2D eigenvalue weighted by molar-refractivity contribution is -0.125. The standard InChI is InChI=1S/C28H27N5O3/c29-25(32-36)18-7-4-8-20(15-18)30-24(17-5-2-1-3-6-17)26(34)31-19-9-11-21(12-10-19)33-23-16-28(23)14-13-22(28)27(33)35/h1-12,15,22-24,30,36H,13-14,16H2,(H2,29,32)(H,31,34)/t22?,23?,24-,28?/m0/s1. The smallest absolute Gasteiger partial charge is 0.251 e. The van der Waals surface area contributed by atoms with Crippen LogP contribution in [0.3, 0.4) is 0 Å². The highest BCUT2D eigenvalue weighted by Gasteiger charge is 2.74. The SMILES string of the molecule is N/C(=N\O)c1cccc(N[C@H](C(=O)Nc2ccc(N3C(=O)C4CCC45CC35)cc2)c2ccccc2)c1. The number of anilines is 3. The number of amides is 2. The monoisotopic (exact) mass is 481 g/mol. The number of nitrogens with zero attached hydrogens (tertiary/aromatic N) is 2. The highest BCUT2D eigenvalue weighted by molar-refractivity contribution is 6.03. The molecule has 3 fully saturated rings. The quantitative estimate of drug-likeness (QED) is 0.175. The van der Waals surface area contributed by atoms with Crippen molar-refractivity contribution < 1.29 is 14.8 Å². The third-order valence-corrected chi connectivity index (χ3v) is 7.90. The van der Waals surface area contributed by atoms with E-state index in [9.17, 15) is 9.59 Å². The highest BCUT2D eigenvalue weighted by Crippen LogP contribution is 2.71. The minimum Gasteiger partial charge on any atom is -0.409 e. The topological polar surface area (TPSA) is 120 Å². The van der Waals surface area contributed by atoms with Crippen molar-refractivity contribution in [3.05, 3.63) is 90.0 Å². The van der Waals surface area contributed by atoms with Crippen LogP contribution in [0.15, 0.2) is 84.0 Å². The van der Waals surface area contributed by atoms with Crippen molar-refractivity contribution in [2.75, 3.05) is 15.5 Å². The fraction of sp³-hybridized carbons (Fsp3) is 0.250. The molecule has 1 heterocycles. The second kappa shape index (κ2) is 8.41. The van der Waals surface area contributed by atoms with Gasteiger partial charge in [-0.25, -0.2) is 0 Å². The normalized spacial score (nSPS) is 24.8. The average Bonchev–Trinajstić information content (AvgIpc) is 3.62. The first-order chi connectivity index (χ1) is 17.5. The van der Waals surface area contributed by atoms with Crippen LogP contribution >= 0.6 is 0 Å². The van der Waals surface area contributed by atoms with Gasteiger partial charge >= 0.3 is 0 Å². The number of nitrogens with one attached hydrogen (secondary N) is 2. The lowest BCUT2D eigenvalue weighted by Crippen LogP contribution is -2.35. The Morgan fingerprint density at radius 2 is 1.83 bits per heavy atom. The number of piperidine rings is 1. The van der Waals surface area contributed by atoms with Crippen molar-refractivity contribution in [2.45, 2.75) is 31.3 Å². The van der Waals surface area contributed by atoms with Crippen LogP contribution in [0.5, 0.6) is 0 Å². The molecule has 3 aliphatic rings. The van der Waals surface area contributed by atoms with Gasteiger partial charge in [0.25, 0.3) is 5.91 Å². The van der Waals surface area contributed by atoms with E-state index in [-0.39, 0.29) is 29.0 Å². The van der Waals surface area contributed by atoms with Gasteiger partial charge in [0, 0.05) is 40.0 Å². The zero-order chi connectivity index (χ0) is 24.9. The number of hydrogen-bond donors (Lipinski definition) is 4. The molecule has 1 spiro atoms. The van der Waals surface area contributed by atoms with Crippen molar-refractivity contribution in [1.29, 1.82) is 0 Å². The van der Waals surface area contributed by atoms with E-state index < -0.39 is 6.04 Å². The summed E-state index contributed by atoms with van der Waals surface area (Å²) in [5.74, 6) is 0.203. The largest absolute Gasteiger partial charge is 0.409 e. The van der Waals surface area contributed by atoms with Crippen molar-refractivity contribution in [2.24, 2.45) is 22.2 Å². The van der Waals surface area contributed by atoms with Crippen LogP contribution in [-0.4, -0.2) is 28.9 Å². The van der Waals surface area contributed by atoms with E-state index in [1.54, 1.807) is 18.2 Å². The van der Waals surface area contributed by atoms with Crippen LogP contribution in [0.4, 0.5) is 17.1 Å². The summed E-state index contributed by atoms with van der Waals surface area (Å²) >= 11 is 0. The molecule has 1 saturated heterocycles. The molecular weight excluding hydrogens is 454 g/mol. The maximum atomic E-state index is 13.4. The van der Waals surface area contributed by atoms with Gasteiger partial charge < -0.3 is 26.5 Å². The van der Waals surface area contributed by atoms with Crippen LogP contribution in [0.1, 0.15) is 36.4 Å². The molecule has 5 N–H and O–H groups in total. The third-order valence-electron chi connectivity index (χ3n) is 7.90. The first kappa shape index (κ1) is 22.2. The summed E-state index contributed by atoms with van der Waals surface area (Å²) in [4.78, 5) is 28.2. The number of carbonyl (C=O) groups excluding carboxylic acids is 2. The van der Waals surface area contributed by atoms with Crippen LogP contribution in [0, 0.1) is 11.3 Å². The fourth-order valence-electron chi connectivity index (χ4n) is 5.81. The van der Waals surface area contributed by atoms with Gasteiger partial charge in [-0.05, 0) is 61.2 Å². The van der Waals surface area contributed by atoms with Crippen molar-refractivity contribution in [3.8, 4) is 0 Å². The van der Waals surface area contributed by atoms with E-state index in [0.717, 1.165) is 30.5 Å². The summed E-state index contributed by atoms with van der Waals surface area (Å²) in [6, 6.07) is 23.6. The van der Waals surface area contributed by atoms with E-state index >= 15 is 0 Å². The Morgan fingerprint density at radius 3 is 2.47 bits per heavy atom. The van der Waals surface area contributed by atoms with Crippen LogP contribution < -0.4 is 21.3 Å². The maximum Gasteiger partial charge on any atom is 0.251 e. The summed E-state index contributed by atoms with van der Waals surface area (Å²) in [7, 11) is 0. The Balaban J connectivity index is 1.20. The molecular formula is C28H27N5O3. The van der Waals surface area contributed by atoms with Crippen molar-refractivity contribution in [3.63, 3.8) is 0 Å². The minimum absolute atomic E-state index is 0.0129. The number of amidine groups is 1. The molecule has 8 heteroatoms. The molecule has 2 amide bonds. The van der Waals surface area contributed by atoms with E-state index in [2.05, 4.69) is 15.8 Å². The molecule has 1 aliphatic heterocycles. The summed E-state index contributed by atoms with van der Waals surface area (Å²) in [6.07, 6.45) is 3.29. The minimum atomic E-state index is -0.685. The van der Waals surface area contributed by atoms with Gasteiger partial charge in [-0.1, -0.05) is 47.6 Å². The molecule has 0 aromatic heterocycles. The Kier molecular flexibility index (Phi) is 5.17. The molecule has 2 aliphatic carbocycles. The van der Waals surface area contributed by atoms with Gasteiger partial charge in [0.1, 0.15) is 6.04 Å². The third kappa shape index (κ3) is 3.57. The number of hydrogen-bond acceptors (Lipinski definition) is 5. The molecule has 182 valence electrons. The molecule has 8 nitrogen and oxygen atoms in total. The first-order valence-electron chi connectivity index (χ1n) is 12.1. The van der Waals surface area contributed by atoms with Gasteiger partial charge in [0.2, 0.25) is 5.91 Å². The number of carbonyl (C=O) groups is 2. The molecule has 3 aromatic rings. The Bertz CT molecular complexity index is 1360. The molecule has 2 saturated carbocycles. The second-order valence-corrected chi connectivity index (χ2v) is 9.84. The van der Waals surface area contributed by atoms with E-state index in [1.807, 2.05) is 65.6 Å². The van der Waals surface area contributed by atoms with Crippen molar-refractivity contribution >= 4 is 34.7 Å². The lowest BCUT2D eigenvalue weighted by Gasteiger charge is -2.31. The molecule has 4 atom stereocenters. The maximum absolute atomic E-state index is 13.4.